The number of hydrogen-bond acceptors (Lipinski definition) is 8. The summed E-state index contributed by atoms with van der Waals surface area (Å²) in [6.07, 6.45) is -2.12. The number of Topliss-reactive ketones (excluding diaryl/α,β-unsaturated/α-hetero) is 4. The van der Waals surface area contributed by atoms with Crippen molar-refractivity contribution in [1.82, 2.24) is 9.13 Å². The Bertz CT molecular complexity index is 1390. The fourth-order valence-corrected chi connectivity index (χ4v) is 4.64. The van der Waals surface area contributed by atoms with E-state index in [1.54, 1.807) is 96.9 Å². The molecule has 0 radical (unpaired) electrons. The molecule has 0 aliphatic rings. The molecule has 45 heavy (non-hydrogen) atoms. The monoisotopic (exact) mass is 626 g/mol. The van der Waals surface area contributed by atoms with Crippen molar-refractivity contribution in [2.45, 2.75) is 115 Å². The first-order valence-electron chi connectivity index (χ1n) is 15.5. The molecule has 0 aliphatic carbocycles. The van der Waals surface area contributed by atoms with Crippen molar-refractivity contribution in [3.8, 4) is 0 Å². The van der Waals surface area contributed by atoms with E-state index in [0.717, 1.165) is 9.13 Å². The fraction of sp³-hybridized carbons (Fsp3) is 0.600. The highest BCUT2D eigenvalue weighted by Gasteiger charge is 2.36. The van der Waals surface area contributed by atoms with Crippen LogP contribution >= 0.6 is 0 Å². The van der Waals surface area contributed by atoms with Gasteiger partial charge in [-0.1, -0.05) is 55.4 Å². The summed E-state index contributed by atoms with van der Waals surface area (Å²) >= 11 is 0. The summed E-state index contributed by atoms with van der Waals surface area (Å²) in [6.45, 7) is 23.5. The Morgan fingerprint density at radius 3 is 1.02 bits per heavy atom. The fourth-order valence-electron chi connectivity index (χ4n) is 4.64. The van der Waals surface area contributed by atoms with E-state index in [2.05, 4.69) is 0 Å². The van der Waals surface area contributed by atoms with Gasteiger partial charge in [-0.15, -0.1) is 0 Å². The lowest BCUT2D eigenvalue weighted by Gasteiger charge is -2.23. The third-order valence-corrected chi connectivity index (χ3v) is 6.83. The van der Waals surface area contributed by atoms with Gasteiger partial charge >= 0.3 is 12.2 Å². The van der Waals surface area contributed by atoms with Gasteiger partial charge in [-0.2, -0.15) is 0 Å². The van der Waals surface area contributed by atoms with E-state index in [4.69, 9.17) is 9.47 Å². The molecule has 2 aromatic heterocycles. The molecule has 10 nitrogen and oxygen atoms in total. The summed E-state index contributed by atoms with van der Waals surface area (Å²) in [5.74, 6) is -3.61. The lowest BCUT2D eigenvalue weighted by Crippen LogP contribution is -2.32. The zero-order valence-electron chi connectivity index (χ0n) is 29.3. The van der Waals surface area contributed by atoms with E-state index < -0.39 is 58.6 Å². The molecule has 0 unspecified atom stereocenters. The first-order chi connectivity index (χ1) is 20.4. The Hall–Kier alpha value is -3.82. The number of ether oxygens (including phenoxy) is 2. The molecule has 2 heterocycles. The van der Waals surface area contributed by atoms with Gasteiger partial charge in [-0.25, -0.2) is 18.7 Å². The molecule has 0 spiro atoms. The minimum atomic E-state index is -0.953. The highest BCUT2D eigenvalue weighted by molar-refractivity contribution is 6.07. The second-order valence-corrected chi connectivity index (χ2v) is 14.7. The molecular formula is C35H50N2O8. The van der Waals surface area contributed by atoms with Gasteiger partial charge in [0.25, 0.3) is 0 Å². The van der Waals surface area contributed by atoms with Crippen LogP contribution in [-0.2, 0) is 15.9 Å². The molecule has 2 aromatic rings. The van der Waals surface area contributed by atoms with Crippen LogP contribution in [0.3, 0.4) is 0 Å². The van der Waals surface area contributed by atoms with Crippen LogP contribution < -0.4 is 0 Å². The third-order valence-electron chi connectivity index (χ3n) is 6.83. The van der Waals surface area contributed by atoms with Crippen LogP contribution in [0.15, 0.2) is 12.1 Å². The zero-order chi connectivity index (χ0) is 34.9. The number of hydrogen-bond donors (Lipinski definition) is 0. The van der Waals surface area contributed by atoms with Crippen LogP contribution in [0.4, 0.5) is 9.59 Å². The van der Waals surface area contributed by atoms with Crippen molar-refractivity contribution in [3.05, 3.63) is 46.0 Å². The molecule has 0 saturated heterocycles. The summed E-state index contributed by atoms with van der Waals surface area (Å²) in [5, 5.41) is 0. The minimum Gasteiger partial charge on any atom is -0.443 e. The topological polar surface area (TPSA) is 131 Å². The molecular weight excluding hydrogens is 576 g/mol. The Morgan fingerprint density at radius 1 is 0.533 bits per heavy atom. The Morgan fingerprint density at radius 2 is 0.800 bits per heavy atom. The average molecular weight is 627 g/mol. The maximum absolute atomic E-state index is 13.8. The smallest absolute Gasteiger partial charge is 0.419 e. The third kappa shape index (κ3) is 8.67. The maximum Gasteiger partial charge on any atom is 0.419 e. The van der Waals surface area contributed by atoms with Crippen molar-refractivity contribution in [3.63, 3.8) is 0 Å². The molecule has 0 amide bonds. The molecule has 0 bridgehead atoms. The minimum absolute atomic E-state index is 0.0520. The van der Waals surface area contributed by atoms with Crippen LogP contribution in [-0.4, -0.2) is 55.7 Å². The Balaban J connectivity index is 3.18. The summed E-state index contributed by atoms with van der Waals surface area (Å²) in [6, 6.07) is 2.77. The molecule has 0 saturated carbocycles. The molecule has 248 valence electrons. The first-order valence-corrected chi connectivity index (χ1v) is 15.5. The number of rotatable bonds is 10. The van der Waals surface area contributed by atoms with Gasteiger partial charge in [0.1, 0.15) is 11.2 Å². The average Bonchev–Trinajstić information content (AvgIpc) is 3.43. The van der Waals surface area contributed by atoms with Crippen LogP contribution in [0.2, 0.25) is 0 Å². The van der Waals surface area contributed by atoms with Crippen LogP contribution in [0, 0.1) is 23.7 Å². The van der Waals surface area contributed by atoms with Gasteiger partial charge in [-0.3, -0.25) is 19.2 Å². The van der Waals surface area contributed by atoms with Crippen LogP contribution in [0.25, 0.3) is 0 Å². The summed E-state index contributed by atoms with van der Waals surface area (Å²) in [7, 11) is 0. The van der Waals surface area contributed by atoms with E-state index in [1.165, 1.54) is 12.1 Å². The number of carbonyl (C=O) groups excluding carboxylic acids is 6. The molecule has 0 atom stereocenters. The maximum atomic E-state index is 13.8. The van der Waals surface area contributed by atoms with Gasteiger partial charge in [0.2, 0.25) is 0 Å². The van der Waals surface area contributed by atoms with Gasteiger partial charge in [0.15, 0.2) is 23.1 Å². The van der Waals surface area contributed by atoms with Crippen LogP contribution in [0.1, 0.15) is 150 Å². The van der Waals surface area contributed by atoms with Gasteiger partial charge < -0.3 is 9.47 Å². The zero-order valence-corrected chi connectivity index (χ0v) is 29.3. The standard InChI is InChI=1S/C35H50N2O8/c1-18(2)28(38)22-15-26(30(40)20(5)6)36(32(42)44-34(9,10)11)24(22)17-25-23(29(39)19(3)4)16-27(31(41)21(7)8)37(25)33(43)45-35(12,13)14/h15-16,18-21H,17H2,1-14H3. The quantitative estimate of drug-likeness (QED) is 0.244. The predicted octanol–water partition coefficient (Wildman–Crippen LogP) is 7.80. The van der Waals surface area contributed by atoms with Crippen molar-refractivity contribution >= 4 is 35.3 Å². The molecule has 0 fully saturated rings. The number of aromatic nitrogens is 2. The molecule has 2 rings (SSSR count). The van der Waals surface area contributed by atoms with Gasteiger partial charge in [0.05, 0.1) is 11.4 Å². The molecule has 0 aliphatic heterocycles. The highest BCUT2D eigenvalue weighted by atomic mass is 16.6. The summed E-state index contributed by atoms with van der Waals surface area (Å²) in [5.41, 5.74) is -1.72. The molecule has 10 heteroatoms. The van der Waals surface area contributed by atoms with Crippen molar-refractivity contribution in [2.24, 2.45) is 23.7 Å². The lowest BCUT2D eigenvalue weighted by molar-refractivity contribution is 0.0519. The second kappa shape index (κ2) is 13.7. The van der Waals surface area contributed by atoms with Gasteiger partial charge in [-0.05, 0) is 53.7 Å². The second-order valence-electron chi connectivity index (χ2n) is 14.7. The predicted molar refractivity (Wildman–Crippen MR) is 172 cm³/mol. The Kier molecular flexibility index (Phi) is 11.3. The summed E-state index contributed by atoms with van der Waals surface area (Å²) in [4.78, 5) is 81.9. The van der Waals surface area contributed by atoms with Crippen LogP contribution in [0.5, 0.6) is 0 Å². The van der Waals surface area contributed by atoms with Gasteiger partial charge in [0, 0.05) is 52.6 Å². The number of nitrogens with zero attached hydrogens (tertiary/aromatic N) is 2. The first kappa shape index (κ1) is 37.4. The van der Waals surface area contributed by atoms with E-state index in [1.807, 2.05) is 0 Å². The lowest BCUT2D eigenvalue weighted by atomic mass is 9.95. The number of ketones is 4. The van der Waals surface area contributed by atoms with E-state index in [9.17, 15) is 28.8 Å². The highest BCUT2D eigenvalue weighted by Crippen LogP contribution is 2.31. The Labute approximate surface area is 266 Å². The molecule has 0 aromatic carbocycles. The number of carbonyl (C=O) groups is 6. The van der Waals surface area contributed by atoms with Crippen molar-refractivity contribution in [1.29, 1.82) is 0 Å². The largest absolute Gasteiger partial charge is 0.443 e. The normalized spacial score (nSPS) is 12.3. The van der Waals surface area contributed by atoms with Crippen molar-refractivity contribution in [2.75, 3.05) is 0 Å². The molecule has 0 N–H and O–H groups in total. The van der Waals surface area contributed by atoms with Crippen molar-refractivity contribution < 1.29 is 38.2 Å². The van der Waals surface area contributed by atoms with E-state index in [-0.39, 0.29) is 51.9 Å². The van der Waals surface area contributed by atoms with E-state index in [0.29, 0.717) is 0 Å². The summed E-state index contributed by atoms with van der Waals surface area (Å²) < 4.78 is 13.5. The van der Waals surface area contributed by atoms with E-state index >= 15 is 0 Å². The SMILES string of the molecule is CC(C)C(=O)c1cc(C(=O)C(C)C)n(C(=O)OC(C)(C)C)c1Cc1c(C(=O)C(C)C)cc(C(=O)C(C)C)n1C(=O)OC(C)(C)C.